The van der Waals surface area contributed by atoms with Crippen LogP contribution in [0.5, 0.6) is 0 Å². The Balaban J connectivity index is 2.62. The summed E-state index contributed by atoms with van der Waals surface area (Å²) in [5.41, 5.74) is 0.612. The number of aromatic amines is 1. The summed E-state index contributed by atoms with van der Waals surface area (Å²) < 4.78 is 29.8. The van der Waals surface area contributed by atoms with E-state index >= 15 is 0 Å². The minimum atomic E-state index is -3.72. The first-order valence-corrected chi connectivity index (χ1v) is 6.06. The number of rotatable bonds is 5. The maximum Gasteiger partial charge on any atom is 0.325 e. The molecule has 7 nitrogen and oxygen atoms in total. The fraction of sp³-hybridized carbons (Fsp3) is 0.500. The molecule has 0 aliphatic rings. The van der Waals surface area contributed by atoms with Crippen molar-refractivity contribution in [3.05, 3.63) is 18.0 Å². The first kappa shape index (κ1) is 12.7. The van der Waals surface area contributed by atoms with E-state index in [1.807, 2.05) is 0 Å². The van der Waals surface area contributed by atoms with E-state index in [0.717, 1.165) is 7.11 Å². The molecule has 8 heteroatoms. The second kappa shape index (κ2) is 5.08. The average Bonchev–Trinajstić information content (AvgIpc) is 2.77. The molecule has 0 saturated carbocycles. The van der Waals surface area contributed by atoms with Crippen LogP contribution in [0.3, 0.4) is 0 Å². The number of H-pyrrole nitrogens is 1. The summed E-state index contributed by atoms with van der Waals surface area (Å²) >= 11 is 0. The van der Waals surface area contributed by atoms with Gasteiger partial charge in [-0.2, -0.15) is 5.10 Å². The summed E-state index contributed by atoms with van der Waals surface area (Å²) in [7, 11) is -2.58. The van der Waals surface area contributed by atoms with Gasteiger partial charge in [-0.1, -0.05) is 0 Å². The summed E-state index contributed by atoms with van der Waals surface area (Å²) in [5, 5.41) is 5.03. The lowest BCUT2D eigenvalue weighted by Crippen LogP contribution is -2.37. The maximum atomic E-state index is 11.6. The van der Waals surface area contributed by atoms with Crippen molar-refractivity contribution in [2.75, 3.05) is 7.11 Å². The molecular weight excluding hydrogens is 234 g/mol. The van der Waals surface area contributed by atoms with Crippen molar-refractivity contribution in [3.8, 4) is 0 Å². The Morgan fingerprint density at radius 2 is 2.38 bits per heavy atom. The molecule has 90 valence electrons. The third-order valence-electron chi connectivity index (χ3n) is 2.02. The first-order valence-electron chi connectivity index (χ1n) is 4.52. The Hall–Kier alpha value is -1.41. The second-order valence-electron chi connectivity index (χ2n) is 3.11. The number of carbonyl (C=O) groups is 1. The monoisotopic (exact) mass is 247 g/mol. The third kappa shape index (κ3) is 3.04. The van der Waals surface area contributed by atoms with Gasteiger partial charge in [0.05, 0.1) is 19.3 Å². The molecule has 1 unspecified atom stereocenters. The first-order chi connectivity index (χ1) is 7.47. The van der Waals surface area contributed by atoms with Gasteiger partial charge in [0.1, 0.15) is 0 Å². The van der Waals surface area contributed by atoms with Gasteiger partial charge in [-0.3, -0.25) is 9.89 Å². The predicted octanol–water partition coefficient (Wildman–Crippen LogP) is -0.609. The zero-order chi connectivity index (χ0) is 12.2. The number of sulfonamides is 1. The Bertz CT molecular complexity index is 440. The topological polar surface area (TPSA) is 101 Å². The average molecular weight is 247 g/mol. The third-order valence-corrected chi connectivity index (χ3v) is 3.69. The summed E-state index contributed by atoms with van der Waals surface area (Å²) in [4.78, 5) is 11.1. The quantitative estimate of drug-likeness (QED) is 0.676. The molecule has 1 aromatic rings. The lowest BCUT2D eigenvalue weighted by atomic mass is 10.4. The normalized spacial score (nSPS) is 13.4. The number of nitrogens with one attached hydrogen (secondary N) is 2. The van der Waals surface area contributed by atoms with Crippen LogP contribution in [-0.2, 0) is 26.1 Å². The van der Waals surface area contributed by atoms with Gasteiger partial charge in [-0.15, -0.1) is 0 Å². The molecule has 1 rings (SSSR count). The van der Waals surface area contributed by atoms with Crippen LogP contribution in [0.1, 0.15) is 12.6 Å². The van der Waals surface area contributed by atoms with Crippen molar-refractivity contribution in [1.29, 1.82) is 0 Å². The molecule has 1 aromatic heterocycles. The molecule has 0 bridgehead atoms. The summed E-state index contributed by atoms with van der Waals surface area (Å²) in [5.74, 6) is -0.794. The van der Waals surface area contributed by atoms with Gasteiger partial charge in [-0.25, -0.2) is 13.1 Å². The highest BCUT2D eigenvalue weighted by Crippen LogP contribution is 2.02. The lowest BCUT2D eigenvalue weighted by molar-refractivity contribution is -0.139. The molecule has 0 spiro atoms. The number of hydrogen-bond donors (Lipinski definition) is 2. The van der Waals surface area contributed by atoms with Gasteiger partial charge in [0, 0.05) is 6.20 Å². The lowest BCUT2D eigenvalue weighted by Gasteiger charge is -2.10. The number of hydrogen-bond acceptors (Lipinski definition) is 5. The molecule has 0 aliphatic heterocycles. The van der Waals surface area contributed by atoms with E-state index < -0.39 is 21.2 Å². The smallest absolute Gasteiger partial charge is 0.325 e. The number of esters is 1. The summed E-state index contributed by atoms with van der Waals surface area (Å²) in [6.07, 6.45) is 1.51. The Morgan fingerprint density at radius 1 is 1.69 bits per heavy atom. The zero-order valence-electron chi connectivity index (χ0n) is 8.93. The zero-order valence-corrected chi connectivity index (χ0v) is 9.74. The van der Waals surface area contributed by atoms with E-state index in [-0.39, 0.29) is 6.54 Å². The molecule has 2 N–H and O–H groups in total. The van der Waals surface area contributed by atoms with Crippen molar-refractivity contribution >= 4 is 16.0 Å². The highest BCUT2D eigenvalue weighted by atomic mass is 32.2. The van der Waals surface area contributed by atoms with Gasteiger partial charge in [0.15, 0.2) is 5.25 Å². The molecular formula is C8H13N3O4S. The van der Waals surface area contributed by atoms with Crippen LogP contribution in [0.2, 0.25) is 0 Å². The summed E-state index contributed by atoms with van der Waals surface area (Å²) in [6, 6.07) is 1.63. The highest BCUT2D eigenvalue weighted by Gasteiger charge is 2.28. The van der Waals surface area contributed by atoms with E-state index in [9.17, 15) is 13.2 Å². The largest absolute Gasteiger partial charge is 0.468 e. The molecule has 0 aliphatic carbocycles. The number of methoxy groups -OCH3 is 1. The Kier molecular flexibility index (Phi) is 4.02. The Labute approximate surface area is 93.2 Å². The Morgan fingerprint density at radius 3 is 2.88 bits per heavy atom. The molecule has 0 fully saturated rings. The molecule has 1 atom stereocenters. The van der Waals surface area contributed by atoms with E-state index in [0.29, 0.717) is 5.69 Å². The standard InChI is InChI=1S/C8H13N3O4S/c1-6(8(12)15-2)16(13,14)10-5-7-3-4-9-11-7/h3-4,6,10H,5H2,1-2H3,(H,9,11). The molecule has 0 amide bonds. The van der Waals surface area contributed by atoms with E-state index in [4.69, 9.17) is 0 Å². The highest BCUT2D eigenvalue weighted by molar-refractivity contribution is 7.90. The van der Waals surface area contributed by atoms with E-state index in [1.165, 1.54) is 13.1 Å². The molecule has 0 saturated heterocycles. The van der Waals surface area contributed by atoms with Gasteiger partial charge in [-0.05, 0) is 13.0 Å². The minimum Gasteiger partial charge on any atom is -0.468 e. The fourth-order valence-corrected chi connectivity index (χ4v) is 1.94. The van der Waals surface area contributed by atoms with Crippen molar-refractivity contribution in [3.63, 3.8) is 0 Å². The van der Waals surface area contributed by atoms with Crippen LogP contribution in [0.15, 0.2) is 12.3 Å². The van der Waals surface area contributed by atoms with E-state index in [1.54, 1.807) is 6.07 Å². The fourth-order valence-electron chi connectivity index (χ4n) is 0.979. The van der Waals surface area contributed by atoms with Crippen molar-refractivity contribution in [2.24, 2.45) is 0 Å². The molecule has 1 heterocycles. The molecule has 0 radical (unpaired) electrons. The number of nitrogens with zero attached hydrogens (tertiary/aromatic N) is 1. The van der Waals surface area contributed by atoms with Crippen molar-refractivity contribution in [2.45, 2.75) is 18.7 Å². The van der Waals surface area contributed by atoms with Gasteiger partial charge < -0.3 is 4.74 Å². The van der Waals surface area contributed by atoms with Crippen LogP contribution in [0.25, 0.3) is 0 Å². The number of carbonyl (C=O) groups excluding carboxylic acids is 1. The van der Waals surface area contributed by atoms with Crippen LogP contribution >= 0.6 is 0 Å². The van der Waals surface area contributed by atoms with Gasteiger partial charge >= 0.3 is 5.97 Å². The van der Waals surface area contributed by atoms with Crippen LogP contribution in [0.4, 0.5) is 0 Å². The second-order valence-corrected chi connectivity index (χ2v) is 5.20. The van der Waals surface area contributed by atoms with Crippen LogP contribution in [-0.4, -0.2) is 36.9 Å². The molecule has 16 heavy (non-hydrogen) atoms. The summed E-state index contributed by atoms with van der Waals surface area (Å²) in [6.45, 7) is 1.32. The van der Waals surface area contributed by atoms with Crippen LogP contribution < -0.4 is 4.72 Å². The SMILES string of the molecule is COC(=O)C(C)S(=O)(=O)NCc1ccn[nH]1. The van der Waals surface area contributed by atoms with Gasteiger partial charge in [0.25, 0.3) is 0 Å². The van der Waals surface area contributed by atoms with Gasteiger partial charge in [0.2, 0.25) is 10.0 Å². The maximum absolute atomic E-state index is 11.6. The number of aromatic nitrogens is 2. The van der Waals surface area contributed by atoms with Crippen LogP contribution in [0, 0.1) is 0 Å². The minimum absolute atomic E-state index is 0.0592. The molecule has 0 aromatic carbocycles. The predicted molar refractivity (Wildman–Crippen MR) is 55.8 cm³/mol. The van der Waals surface area contributed by atoms with Crippen molar-refractivity contribution in [1.82, 2.24) is 14.9 Å². The number of ether oxygens (including phenoxy) is 1. The van der Waals surface area contributed by atoms with Crippen molar-refractivity contribution < 1.29 is 17.9 Å². The van der Waals surface area contributed by atoms with E-state index in [2.05, 4.69) is 19.7 Å².